The predicted molar refractivity (Wildman–Crippen MR) is 87.7 cm³/mol. The third kappa shape index (κ3) is 4.82. The zero-order valence-electron chi connectivity index (χ0n) is 14.0. The Kier molecular flexibility index (Phi) is 7.08. The number of methoxy groups -OCH3 is 1. The average Bonchev–Trinajstić information content (AvgIpc) is 2.41. The third-order valence-electron chi connectivity index (χ3n) is 4.04. The second kappa shape index (κ2) is 8.31. The van der Waals surface area contributed by atoms with E-state index in [2.05, 4.69) is 52.1 Å². The molecule has 0 fully saturated rings. The molecule has 0 aliphatic rings. The van der Waals surface area contributed by atoms with Gasteiger partial charge in [-0.2, -0.15) is 0 Å². The summed E-state index contributed by atoms with van der Waals surface area (Å²) in [6.45, 7) is 12.3. The van der Waals surface area contributed by atoms with E-state index in [9.17, 15) is 0 Å². The lowest BCUT2D eigenvalue weighted by atomic mass is 9.93. The molecule has 0 saturated heterocycles. The molecule has 1 atom stereocenters. The average molecular weight is 277 g/mol. The zero-order valence-corrected chi connectivity index (χ0v) is 14.0. The number of ether oxygens (including phenoxy) is 1. The molecule has 0 heterocycles. The summed E-state index contributed by atoms with van der Waals surface area (Å²) in [5.74, 6) is 1.68. The molecule has 2 nitrogen and oxygen atoms in total. The SMILES string of the molecule is CCCNC(CCc1cc(C)c(OC)cc1C)C(C)C. The number of benzene rings is 1. The van der Waals surface area contributed by atoms with E-state index in [1.807, 2.05) is 0 Å². The quantitative estimate of drug-likeness (QED) is 0.766. The van der Waals surface area contributed by atoms with Gasteiger partial charge in [-0.15, -0.1) is 0 Å². The van der Waals surface area contributed by atoms with Crippen molar-refractivity contribution in [3.05, 3.63) is 28.8 Å². The Hall–Kier alpha value is -1.02. The van der Waals surface area contributed by atoms with Gasteiger partial charge in [-0.1, -0.05) is 26.8 Å². The second-order valence-corrected chi connectivity index (χ2v) is 6.09. The predicted octanol–water partition coefficient (Wildman–Crippen LogP) is 4.27. The Bertz CT molecular complexity index is 412. The van der Waals surface area contributed by atoms with Gasteiger partial charge in [-0.05, 0) is 68.3 Å². The van der Waals surface area contributed by atoms with Crippen molar-refractivity contribution in [3.8, 4) is 5.75 Å². The monoisotopic (exact) mass is 277 g/mol. The van der Waals surface area contributed by atoms with Crippen LogP contribution >= 0.6 is 0 Å². The van der Waals surface area contributed by atoms with Crippen LogP contribution in [-0.4, -0.2) is 19.7 Å². The first-order valence-electron chi connectivity index (χ1n) is 7.87. The van der Waals surface area contributed by atoms with Crippen LogP contribution in [0.25, 0.3) is 0 Å². The minimum Gasteiger partial charge on any atom is -0.496 e. The molecule has 114 valence electrons. The van der Waals surface area contributed by atoms with Gasteiger partial charge in [0, 0.05) is 6.04 Å². The molecule has 0 saturated carbocycles. The van der Waals surface area contributed by atoms with Crippen molar-refractivity contribution in [1.29, 1.82) is 0 Å². The van der Waals surface area contributed by atoms with E-state index in [0.29, 0.717) is 12.0 Å². The molecule has 1 aromatic carbocycles. The van der Waals surface area contributed by atoms with Gasteiger partial charge in [0.1, 0.15) is 5.75 Å². The summed E-state index contributed by atoms with van der Waals surface area (Å²) in [6, 6.07) is 5.05. The summed E-state index contributed by atoms with van der Waals surface area (Å²) in [5.41, 5.74) is 4.02. The number of hydrogen-bond donors (Lipinski definition) is 1. The largest absolute Gasteiger partial charge is 0.496 e. The van der Waals surface area contributed by atoms with Crippen molar-refractivity contribution < 1.29 is 4.74 Å². The van der Waals surface area contributed by atoms with E-state index in [-0.39, 0.29) is 0 Å². The lowest BCUT2D eigenvalue weighted by Crippen LogP contribution is -2.34. The Morgan fingerprint density at radius 2 is 1.85 bits per heavy atom. The summed E-state index contributed by atoms with van der Waals surface area (Å²) < 4.78 is 5.39. The standard InChI is InChI=1S/C18H31NO/c1-7-10-19-17(13(2)3)9-8-16-11-15(5)18(20-6)12-14(16)4/h11-13,17,19H,7-10H2,1-6H3. The van der Waals surface area contributed by atoms with Gasteiger partial charge in [0.15, 0.2) is 0 Å². The maximum absolute atomic E-state index is 5.39. The fourth-order valence-electron chi connectivity index (χ4n) is 2.65. The van der Waals surface area contributed by atoms with Crippen LogP contribution in [0.5, 0.6) is 5.75 Å². The van der Waals surface area contributed by atoms with Crippen LogP contribution in [0.4, 0.5) is 0 Å². The first-order valence-corrected chi connectivity index (χ1v) is 7.87. The molecule has 0 bridgehead atoms. The van der Waals surface area contributed by atoms with Gasteiger partial charge in [0.05, 0.1) is 7.11 Å². The molecule has 0 aliphatic carbocycles. The number of hydrogen-bond acceptors (Lipinski definition) is 2. The van der Waals surface area contributed by atoms with Crippen molar-refractivity contribution in [1.82, 2.24) is 5.32 Å². The van der Waals surface area contributed by atoms with Crippen LogP contribution in [0.2, 0.25) is 0 Å². The maximum Gasteiger partial charge on any atom is 0.122 e. The summed E-state index contributed by atoms with van der Waals surface area (Å²) >= 11 is 0. The van der Waals surface area contributed by atoms with Gasteiger partial charge in [0.25, 0.3) is 0 Å². The molecule has 0 aliphatic heterocycles. The topological polar surface area (TPSA) is 21.3 Å². The smallest absolute Gasteiger partial charge is 0.122 e. The molecule has 1 rings (SSSR count). The Balaban J connectivity index is 2.70. The summed E-state index contributed by atoms with van der Waals surface area (Å²) in [6.07, 6.45) is 3.53. The van der Waals surface area contributed by atoms with Crippen LogP contribution < -0.4 is 10.1 Å². The number of nitrogens with one attached hydrogen (secondary N) is 1. The third-order valence-corrected chi connectivity index (χ3v) is 4.04. The second-order valence-electron chi connectivity index (χ2n) is 6.09. The van der Waals surface area contributed by atoms with Crippen molar-refractivity contribution in [2.45, 2.75) is 59.9 Å². The van der Waals surface area contributed by atoms with Crippen LogP contribution in [-0.2, 0) is 6.42 Å². The van der Waals surface area contributed by atoms with Gasteiger partial charge in [-0.3, -0.25) is 0 Å². The highest BCUT2D eigenvalue weighted by molar-refractivity contribution is 5.41. The van der Waals surface area contributed by atoms with E-state index >= 15 is 0 Å². The van der Waals surface area contributed by atoms with E-state index in [1.165, 1.54) is 29.5 Å². The van der Waals surface area contributed by atoms with Crippen molar-refractivity contribution in [2.75, 3.05) is 13.7 Å². The molecule has 1 aromatic rings. The molecule has 2 heteroatoms. The number of rotatable bonds is 8. The maximum atomic E-state index is 5.39. The van der Waals surface area contributed by atoms with Crippen LogP contribution in [0.3, 0.4) is 0 Å². The van der Waals surface area contributed by atoms with Gasteiger partial charge >= 0.3 is 0 Å². The van der Waals surface area contributed by atoms with Gasteiger partial charge < -0.3 is 10.1 Å². The molecule has 20 heavy (non-hydrogen) atoms. The lowest BCUT2D eigenvalue weighted by molar-refractivity contribution is 0.378. The minimum absolute atomic E-state index is 0.608. The normalized spacial score (nSPS) is 12.8. The minimum atomic E-state index is 0.608. The van der Waals surface area contributed by atoms with Gasteiger partial charge in [-0.25, -0.2) is 0 Å². The van der Waals surface area contributed by atoms with E-state index < -0.39 is 0 Å². The molecule has 0 aromatic heterocycles. The fourth-order valence-corrected chi connectivity index (χ4v) is 2.65. The highest BCUT2D eigenvalue weighted by atomic mass is 16.5. The highest BCUT2D eigenvalue weighted by Gasteiger charge is 2.13. The molecule has 0 amide bonds. The Morgan fingerprint density at radius 1 is 1.15 bits per heavy atom. The van der Waals surface area contributed by atoms with Crippen LogP contribution in [0, 0.1) is 19.8 Å². The molecule has 0 spiro atoms. The fraction of sp³-hybridized carbons (Fsp3) is 0.667. The molecular formula is C18H31NO. The van der Waals surface area contributed by atoms with E-state index in [1.54, 1.807) is 7.11 Å². The Labute approximate surface area is 124 Å². The molecular weight excluding hydrogens is 246 g/mol. The highest BCUT2D eigenvalue weighted by Crippen LogP contribution is 2.24. The molecule has 1 unspecified atom stereocenters. The lowest BCUT2D eigenvalue weighted by Gasteiger charge is -2.23. The van der Waals surface area contributed by atoms with E-state index in [4.69, 9.17) is 4.74 Å². The molecule has 0 radical (unpaired) electrons. The summed E-state index contributed by atoms with van der Waals surface area (Å²) in [4.78, 5) is 0. The van der Waals surface area contributed by atoms with Crippen LogP contribution in [0.15, 0.2) is 12.1 Å². The van der Waals surface area contributed by atoms with Crippen molar-refractivity contribution in [2.24, 2.45) is 5.92 Å². The number of aryl methyl sites for hydroxylation is 3. The van der Waals surface area contributed by atoms with E-state index in [0.717, 1.165) is 18.7 Å². The zero-order chi connectivity index (χ0) is 15.1. The van der Waals surface area contributed by atoms with Gasteiger partial charge in [0.2, 0.25) is 0 Å². The Morgan fingerprint density at radius 3 is 2.40 bits per heavy atom. The van der Waals surface area contributed by atoms with Crippen molar-refractivity contribution >= 4 is 0 Å². The first-order chi connectivity index (χ1) is 9.49. The first kappa shape index (κ1) is 17.0. The molecule has 1 N–H and O–H groups in total. The van der Waals surface area contributed by atoms with Crippen LogP contribution in [0.1, 0.15) is 50.3 Å². The van der Waals surface area contributed by atoms with Crippen molar-refractivity contribution in [3.63, 3.8) is 0 Å². The summed E-state index contributed by atoms with van der Waals surface area (Å²) in [5, 5.41) is 3.67. The summed E-state index contributed by atoms with van der Waals surface area (Å²) in [7, 11) is 1.74.